The first-order valence-electron chi connectivity index (χ1n) is 8.92. The van der Waals surface area contributed by atoms with E-state index in [0.29, 0.717) is 4.90 Å². The van der Waals surface area contributed by atoms with Crippen molar-refractivity contribution in [2.24, 2.45) is 5.41 Å². The van der Waals surface area contributed by atoms with Crippen molar-refractivity contribution >= 4 is 33.6 Å². The zero-order valence-electron chi connectivity index (χ0n) is 14.8. The molecule has 0 bridgehead atoms. The minimum atomic E-state index is -3.18. The molecule has 1 fully saturated rings. The lowest BCUT2D eigenvalue weighted by atomic mass is 9.88. The van der Waals surface area contributed by atoms with E-state index in [2.05, 4.69) is 36.9 Å². The Hall–Kier alpha value is -1.78. The predicted octanol–water partition coefficient (Wildman–Crippen LogP) is 5.42. The Morgan fingerprint density at radius 1 is 0.808 bits per heavy atom. The average Bonchev–Trinajstić information content (AvgIpc) is 3.22. The summed E-state index contributed by atoms with van der Waals surface area (Å²) in [5, 5.41) is 0. The molecule has 0 atom stereocenters. The number of rotatable bonds is 3. The highest BCUT2D eigenvalue weighted by atomic mass is 32.2. The van der Waals surface area contributed by atoms with Gasteiger partial charge in [0.15, 0.2) is 9.84 Å². The molecule has 0 unspecified atom stereocenters. The largest absolute Gasteiger partial charge is 0.224 e. The van der Waals surface area contributed by atoms with Crippen LogP contribution in [0.15, 0.2) is 70.5 Å². The van der Waals surface area contributed by atoms with E-state index in [1.54, 1.807) is 12.1 Å². The molecule has 0 aliphatic heterocycles. The van der Waals surface area contributed by atoms with Crippen LogP contribution in [0.5, 0.6) is 0 Å². The zero-order chi connectivity index (χ0) is 18.4. The van der Waals surface area contributed by atoms with E-state index in [9.17, 15) is 8.42 Å². The molecule has 0 radical (unpaired) electrons. The van der Waals surface area contributed by atoms with Gasteiger partial charge in [-0.15, -0.1) is 12.6 Å². The lowest BCUT2D eigenvalue weighted by Gasteiger charge is -2.16. The maximum absolute atomic E-state index is 11.8. The van der Waals surface area contributed by atoms with Crippen molar-refractivity contribution in [2.75, 3.05) is 6.26 Å². The standard InChI is InChI=1S/C22H22O2S2/c1-26(23,24)19-10-6-17(7-11-19)21-15-22(12-2-3-13-22)14-20(21)16-4-8-18(25)9-5-16/h4-11,14-15,25H,2-3,12-13H2,1H3. The van der Waals surface area contributed by atoms with E-state index >= 15 is 0 Å². The van der Waals surface area contributed by atoms with Crippen molar-refractivity contribution in [3.05, 3.63) is 71.8 Å². The van der Waals surface area contributed by atoms with Crippen LogP contribution in [-0.2, 0) is 9.84 Å². The monoisotopic (exact) mass is 382 g/mol. The van der Waals surface area contributed by atoms with Crippen molar-refractivity contribution in [3.63, 3.8) is 0 Å². The van der Waals surface area contributed by atoms with Crippen molar-refractivity contribution in [1.29, 1.82) is 0 Å². The highest BCUT2D eigenvalue weighted by molar-refractivity contribution is 7.90. The molecule has 2 aromatic rings. The average molecular weight is 383 g/mol. The van der Waals surface area contributed by atoms with Gasteiger partial charge in [0.2, 0.25) is 0 Å². The molecule has 26 heavy (non-hydrogen) atoms. The van der Waals surface area contributed by atoms with Gasteiger partial charge in [-0.25, -0.2) is 8.42 Å². The normalized spacial score (nSPS) is 18.8. The van der Waals surface area contributed by atoms with Crippen molar-refractivity contribution in [3.8, 4) is 0 Å². The van der Waals surface area contributed by atoms with Crippen molar-refractivity contribution < 1.29 is 8.42 Å². The summed E-state index contributed by atoms with van der Waals surface area (Å²) >= 11 is 4.39. The molecule has 0 N–H and O–H groups in total. The molecule has 0 saturated heterocycles. The van der Waals surface area contributed by atoms with Gasteiger partial charge in [0, 0.05) is 16.6 Å². The van der Waals surface area contributed by atoms with Gasteiger partial charge in [-0.2, -0.15) is 0 Å². The highest BCUT2D eigenvalue weighted by Crippen LogP contribution is 2.52. The van der Waals surface area contributed by atoms with Crippen LogP contribution < -0.4 is 0 Å². The molecule has 134 valence electrons. The molecule has 0 amide bonds. The first-order chi connectivity index (χ1) is 12.4. The fourth-order valence-electron chi connectivity index (χ4n) is 4.09. The van der Waals surface area contributed by atoms with Gasteiger partial charge in [-0.3, -0.25) is 0 Å². The summed E-state index contributed by atoms with van der Waals surface area (Å²) in [7, 11) is -3.18. The summed E-state index contributed by atoms with van der Waals surface area (Å²) in [6, 6.07) is 15.5. The van der Waals surface area contributed by atoms with Crippen LogP contribution >= 0.6 is 12.6 Å². The van der Waals surface area contributed by atoms with Gasteiger partial charge in [0.05, 0.1) is 4.90 Å². The van der Waals surface area contributed by atoms with Crippen molar-refractivity contribution in [1.82, 2.24) is 0 Å². The summed E-state index contributed by atoms with van der Waals surface area (Å²) in [4.78, 5) is 1.31. The third kappa shape index (κ3) is 3.28. The molecule has 2 nitrogen and oxygen atoms in total. The van der Waals surface area contributed by atoms with E-state index in [-0.39, 0.29) is 5.41 Å². The van der Waals surface area contributed by atoms with E-state index < -0.39 is 9.84 Å². The van der Waals surface area contributed by atoms with Gasteiger partial charge < -0.3 is 0 Å². The van der Waals surface area contributed by atoms with E-state index in [1.807, 2.05) is 24.3 Å². The second kappa shape index (κ2) is 6.43. The number of hydrogen-bond acceptors (Lipinski definition) is 3. The summed E-state index contributed by atoms with van der Waals surface area (Å²) in [5.74, 6) is 0. The molecule has 2 aliphatic carbocycles. The minimum absolute atomic E-state index is 0.153. The highest BCUT2D eigenvalue weighted by Gasteiger charge is 2.35. The summed E-state index contributed by atoms with van der Waals surface area (Å²) in [6.45, 7) is 0. The minimum Gasteiger partial charge on any atom is -0.224 e. The topological polar surface area (TPSA) is 34.1 Å². The number of benzene rings is 2. The molecule has 4 rings (SSSR count). The lowest BCUT2D eigenvalue weighted by molar-refractivity contribution is 0.523. The van der Waals surface area contributed by atoms with Gasteiger partial charge in [0.25, 0.3) is 0 Å². The number of sulfone groups is 1. The predicted molar refractivity (Wildman–Crippen MR) is 110 cm³/mol. The summed E-state index contributed by atoms with van der Waals surface area (Å²) in [6.07, 6.45) is 11.0. The molecular weight excluding hydrogens is 360 g/mol. The quantitative estimate of drug-likeness (QED) is 0.719. The fraction of sp³-hybridized carbons (Fsp3) is 0.273. The molecule has 1 saturated carbocycles. The Morgan fingerprint density at radius 3 is 1.73 bits per heavy atom. The van der Waals surface area contributed by atoms with Gasteiger partial charge in [-0.05, 0) is 59.4 Å². The maximum atomic E-state index is 11.8. The van der Waals surface area contributed by atoms with Gasteiger partial charge in [0.1, 0.15) is 0 Å². The van der Waals surface area contributed by atoms with Crippen LogP contribution in [-0.4, -0.2) is 14.7 Å². The number of hydrogen-bond donors (Lipinski definition) is 1. The second-order valence-electron chi connectivity index (χ2n) is 7.40. The van der Waals surface area contributed by atoms with E-state index in [0.717, 1.165) is 10.5 Å². The third-order valence-electron chi connectivity index (χ3n) is 5.46. The van der Waals surface area contributed by atoms with Gasteiger partial charge in [-0.1, -0.05) is 49.3 Å². The van der Waals surface area contributed by atoms with Crippen LogP contribution in [0.2, 0.25) is 0 Å². The summed E-state index contributed by atoms with van der Waals surface area (Å²) < 4.78 is 23.5. The molecule has 2 aromatic carbocycles. The smallest absolute Gasteiger partial charge is 0.175 e. The Bertz CT molecular complexity index is 989. The number of thiol groups is 1. The van der Waals surface area contributed by atoms with Crippen molar-refractivity contribution in [2.45, 2.75) is 35.5 Å². The molecule has 0 heterocycles. The fourth-order valence-corrected chi connectivity index (χ4v) is 4.87. The molecule has 0 aromatic heterocycles. The van der Waals surface area contributed by atoms with E-state index in [1.165, 1.54) is 48.6 Å². The first-order valence-corrected chi connectivity index (χ1v) is 11.3. The second-order valence-corrected chi connectivity index (χ2v) is 9.93. The molecule has 4 heteroatoms. The SMILES string of the molecule is CS(=O)(=O)c1ccc(C2=CC3(C=C2c2ccc(S)cc2)CCCC3)cc1. The van der Waals surface area contributed by atoms with Crippen LogP contribution in [0, 0.1) is 5.41 Å². The maximum Gasteiger partial charge on any atom is 0.175 e. The molecule has 1 spiro atoms. The van der Waals surface area contributed by atoms with Crippen LogP contribution in [0.25, 0.3) is 11.1 Å². The van der Waals surface area contributed by atoms with Crippen LogP contribution in [0.4, 0.5) is 0 Å². The van der Waals surface area contributed by atoms with Crippen LogP contribution in [0.1, 0.15) is 36.8 Å². The Labute approximate surface area is 161 Å². The lowest BCUT2D eigenvalue weighted by Crippen LogP contribution is -2.05. The molecule has 2 aliphatic rings. The Balaban J connectivity index is 1.79. The Kier molecular flexibility index (Phi) is 4.36. The first kappa shape index (κ1) is 17.6. The van der Waals surface area contributed by atoms with E-state index in [4.69, 9.17) is 0 Å². The Morgan fingerprint density at radius 2 is 1.27 bits per heavy atom. The summed E-state index contributed by atoms with van der Waals surface area (Å²) in [5.41, 5.74) is 4.86. The third-order valence-corrected chi connectivity index (χ3v) is 6.89. The van der Waals surface area contributed by atoms with Gasteiger partial charge >= 0.3 is 0 Å². The number of allylic oxidation sites excluding steroid dienone is 4. The molecular formula is C22H22O2S2. The van der Waals surface area contributed by atoms with Crippen LogP contribution in [0.3, 0.4) is 0 Å². The zero-order valence-corrected chi connectivity index (χ0v) is 16.5.